The van der Waals surface area contributed by atoms with E-state index in [9.17, 15) is 9.90 Å². The van der Waals surface area contributed by atoms with E-state index in [2.05, 4.69) is 45.6 Å². The monoisotopic (exact) mass is 661 g/mol. The first kappa shape index (κ1) is 31.4. The second kappa shape index (κ2) is 13.8. The van der Waals surface area contributed by atoms with Gasteiger partial charge in [-0.3, -0.25) is 10.1 Å². The molecule has 2 aromatic heterocycles. The Morgan fingerprint density at radius 1 is 1.13 bits per heavy atom. The molecule has 0 saturated heterocycles. The number of hydrogen-bond donors (Lipinski definition) is 2. The van der Waals surface area contributed by atoms with E-state index < -0.39 is 5.97 Å². The lowest BCUT2D eigenvalue weighted by atomic mass is 9.96. The molecule has 0 unspecified atom stereocenters. The number of ether oxygens (including phenoxy) is 1. The molecule has 2 aliphatic rings. The number of H-pyrrole nitrogens is 1. The second-order valence-corrected chi connectivity index (χ2v) is 13.7. The van der Waals surface area contributed by atoms with Crippen LogP contribution in [0.5, 0.6) is 5.75 Å². The number of aromatic amines is 1. The first-order valence-electron chi connectivity index (χ1n) is 15.0. The number of benzene rings is 2. The van der Waals surface area contributed by atoms with Crippen LogP contribution in [0.4, 0.5) is 0 Å². The summed E-state index contributed by atoms with van der Waals surface area (Å²) in [5.74, 6) is 2.22. The number of aromatic carboxylic acids is 1. The number of hydrazone groups is 1. The largest absolute Gasteiger partial charge is 0.493 e. The summed E-state index contributed by atoms with van der Waals surface area (Å²) in [7, 11) is 3.69. The van der Waals surface area contributed by atoms with Crippen LogP contribution in [0.15, 0.2) is 52.1 Å². The Balaban J connectivity index is 1.37. The normalized spacial score (nSPS) is 18.1. The van der Waals surface area contributed by atoms with Gasteiger partial charge in [-0.15, -0.1) is 23.5 Å². The fraction of sp³-hybridized carbons (Fsp3) is 0.324. The number of carbonyl (C=O) groups is 1. The Morgan fingerprint density at radius 2 is 2.00 bits per heavy atom. The zero-order valence-corrected chi connectivity index (χ0v) is 28.0. The summed E-state index contributed by atoms with van der Waals surface area (Å²) in [6.07, 6.45) is 11.4. The van der Waals surface area contributed by atoms with Crippen molar-refractivity contribution in [2.24, 2.45) is 12.1 Å². The van der Waals surface area contributed by atoms with Gasteiger partial charge in [-0.25, -0.2) is 4.79 Å². The number of carboxylic acids is 1. The molecule has 0 amide bonds. The van der Waals surface area contributed by atoms with Gasteiger partial charge < -0.3 is 14.4 Å². The molecule has 6 rings (SSSR count). The molecule has 0 radical (unpaired) electrons. The molecule has 4 aromatic rings. The Bertz CT molecular complexity index is 1840. The zero-order valence-electron chi connectivity index (χ0n) is 25.6. The van der Waals surface area contributed by atoms with Gasteiger partial charge in [-0.05, 0) is 74.1 Å². The van der Waals surface area contributed by atoms with Crippen molar-refractivity contribution >= 4 is 70.4 Å². The first-order chi connectivity index (χ1) is 21.8. The fourth-order valence-electron chi connectivity index (χ4n) is 5.90. The van der Waals surface area contributed by atoms with Crippen molar-refractivity contribution < 1.29 is 14.6 Å². The highest BCUT2D eigenvalue weighted by Crippen LogP contribution is 2.37. The molecule has 0 atom stereocenters. The van der Waals surface area contributed by atoms with Gasteiger partial charge in [0.15, 0.2) is 0 Å². The summed E-state index contributed by atoms with van der Waals surface area (Å²) in [6, 6.07) is 10.3. The van der Waals surface area contributed by atoms with Crippen LogP contribution < -0.4 is 4.74 Å². The number of aryl methyl sites for hydroxylation is 3. The van der Waals surface area contributed by atoms with Gasteiger partial charge in [0.05, 0.1) is 17.8 Å². The predicted octanol–water partition coefficient (Wildman–Crippen LogP) is 8.04. The van der Waals surface area contributed by atoms with Crippen molar-refractivity contribution in [1.29, 1.82) is 0 Å². The van der Waals surface area contributed by atoms with Crippen LogP contribution in [-0.2, 0) is 31.4 Å². The first-order valence-corrected chi connectivity index (χ1v) is 17.5. The minimum atomic E-state index is -0.961. The van der Waals surface area contributed by atoms with Crippen LogP contribution in [-0.4, -0.2) is 56.5 Å². The van der Waals surface area contributed by atoms with Crippen molar-refractivity contribution in [3.8, 4) is 5.75 Å². The second-order valence-electron chi connectivity index (χ2n) is 11.2. The van der Waals surface area contributed by atoms with Crippen LogP contribution in [0.25, 0.3) is 23.1 Å². The topological polar surface area (TPSA) is 95.7 Å². The molecule has 0 fully saturated rings. The summed E-state index contributed by atoms with van der Waals surface area (Å²) in [6.45, 7) is 2.43. The maximum Gasteiger partial charge on any atom is 0.352 e. The Morgan fingerprint density at radius 3 is 2.84 bits per heavy atom. The molecule has 234 valence electrons. The highest BCUT2D eigenvalue weighted by molar-refractivity contribution is 7.99. The fourth-order valence-corrected chi connectivity index (χ4v) is 7.64. The van der Waals surface area contributed by atoms with Gasteiger partial charge in [0, 0.05) is 75.4 Å². The minimum absolute atomic E-state index is 0.272. The van der Waals surface area contributed by atoms with E-state index in [0.717, 1.165) is 85.4 Å². The lowest BCUT2D eigenvalue weighted by molar-refractivity contribution is 0.0685. The molecule has 3 heterocycles. The summed E-state index contributed by atoms with van der Waals surface area (Å²) < 4.78 is 8.18. The maximum absolute atomic E-state index is 12.5. The molecule has 11 heteroatoms. The van der Waals surface area contributed by atoms with E-state index in [-0.39, 0.29) is 5.69 Å². The van der Waals surface area contributed by atoms with Crippen LogP contribution >= 0.6 is 35.1 Å². The summed E-state index contributed by atoms with van der Waals surface area (Å²) in [5.41, 5.74) is 8.04. The number of nitrogens with zero attached hydrogens (tertiary/aromatic N) is 4. The highest BCUT2D eigenvalue weighted by atomic mass is 35.5. The molecule has 45 heavy (non-hydrogen) atoms. The van der Waals surface area contributed by atoms with Gasteiger partial charge >= 0.3 is 5.97 Å². The molecular formula is C34H36ClN5O3S2. The average molecular weight is 662 g/mol. The van der Waals surface area contributed by atoms with Crippen molar-refractivity contribution in [2.75, 3.05) is 19.4 Å². The molecule has 0 spiro atoms. The Kier molecular flexibility index (Phi) is 9.63. The van der Waals surface area contributed by atoms with Gasteiger partial charge in [-0.2, -0.15) is 10.2 Å². The van der Waals surface area contributed by atoms with E-state index in [1.807, 2.05) is 38.4 Å². The maximum atomic E-state index is 12.5. The average Bonchev–Trinajstić information content (AvgIpc) is 3.60. The van der Waals surface area contributed by atoms with E-state index in [4.69, 9.17) is 16.3 Å². The summed E-state index contributed by atoms with van der Waals surface area (Å²) in [5, 5.41) is 25.8. The third kappa shape index (κ3) is 6.83. The molecule has 2 N–H and O–H groups in total. The molecule has 8 bridgehead atoms. The quantitative estimate of drug-likeness (QED) is 0.213. The molecule has 1 aliphatic heterocycles. The standard InChI is InChI=1S/C34H36ClN5O3S2/c1-21-15-29-30(35)11-10-28-27(33(34(41)42)39(2)32(28)29)9-6-13-43-31-18-25(16-22-7-4-5-8-26(22)31)45-20-24-17-23(37-38-24)19-44-14-12-36-40(21)3/h5,8,10-12,15-18H,4,6-7,9,13-14,19-20H2,1-3H3,(H,37,38)(H,41,42)/b21-15+,36-12+. The number of nitrogens with one attached hydrogen (secondary N) is 1. The van der Waals surface area contributed by atoms with E-state index in [0.29, 0.717) is 24.5 Å². The number of rotatable bonds is 1. The van der Waals surface area contributed by atoms with Crippen LogP contribution in [0.2, 0.25) is 5.02 Å². The van der Waals surface area contributed by atoms with Crippen molar-refractivity contribution in [2.45, 2.75) is 49.0 Å². The number of aromatic nitrogens is 3. The molecule has 0 saturated carbocycles. The number of carboxylic acid groups (broad SMARTS) is 1. The van der Waals surface area contributed by atoms with Gasteiger partial charge in [0.2, 0.25) is 0 Å². The van der Waals surface area contributed by atoms with Gasteiger partial charge in [0.1, 0.15) is 11.4 Å². The number of allylic oxidation sites excluding steroid dienone is 2. The number of hydrogen-bond acceptors (Lipinski definition) is 7. The number of halogens is 1. The minimum Gasteiger partial charge on any atom is -0.493 e. The molecular weight excluding hydrogens is 626 g/mol. The summed E-state index contributed by atoms with van der Waals surface area (Å²) in [4.78, 5) is 13.7. The van der Waals surface area contributed by atoms with E-state index >= 15 is 0 Å². The Labute approximate surface area is 276 Å². The van der Waals surface area contributed by atoms with E-state index in [1.165, 1.54) is 5.56 Å². The third-order valence-electron chi connectivity index (χ3n) is 8.18. The lowest BCUT2D eigenvalue weighted by Gasteiger charge is -2.18. The van der Waals surface area contributed by atoms with Crippen LogP contribution in [0, 0.1) is 0 Å². The van der Waals surface area contributed by atoms with Gasteiger partial charge in [-0.1, -0.05) is 29.8 Å². The molecule has 2 aromatic carbocycles. The van der Waals surface area contributed by atoms with Crippen molar-refractivity contribution in [3.63, 3.8) is 0 Å². The van der Waals surface area contributed by atoms with Crippen LogP contribution in [0.3, 0.4) is 0 Å². The van der Waals surface area contributed by atoms with Gasteiger partial charge in [0.25, 0.3) is 0 Å². The van der Waals surface area contributed by atoms with Crippen molar-refractivity contribution in [1.82, 2.24) is 19.8 Å². The number of thioether (sulfide) groups is 2. The molecule has 8 nitrogen and oxygen atoms in total. The van der Waals surface area contributed by atoms with Crippen LogP contribution in [0.1, 0.15) is 63.9 Å². The van der Waals surface area contributed by atoms with E-state index in [1.54, 1.807) is 40.1 Å². The molecule has 1 aliphatic carbocycles. The predicted molar refractivity (Wildman–Crippen MR) is 187 cm³/mol. The Hall–Kier alpha value is -3.60. The SMILES string of the molecule is C/C1=C\c2c(Cl)ccc3c(c(C(=O)O)n(C)c23)CCCOc2cc(cc3c2C=CCC3)SCc2cc(n[nH]2)CSC/C=N/N1C. The highest BCUT2D eigenvalue weighted by Gasteiger charge is 2.23. The number of fused-ring (bicyclic) bond motifs is 6. The lowest BCUT2D eigenvalue weighted by Crippen LogP contribution is -2.09. The smallest absolute Gasteiger partial charge is 0.352 e. The summed E-state index contributed by atoms with van der Waals surface area (Å²) >= 11 is 10.3. The van der Waals surface area contributed by atoms with Crippen molar-refractivity contribution in [3.05, 3.63) is 86.5 Å². The third-order valence-corrected chi connectivity index (χ3v) is 10.4. The zero-order chi connectivity index (χ0) is 31.5.